The number of aryl methyl sites for hydroxylation is 1. The first kappa shape index (κ1) is 32.0. The van der Waals surface area contributed by atoms with Gasteiger partial charge in [-0.3, -0.25) is 9.59 Å². The molecule has 0 unspecified atom stereocenters. The predicted molar refractivity (Wildman–Crippen MR) is 170 cm³/mol. The van der Waals surface area contributed by atoms with E-state index in [4.69, 9.17) is 4.74 Å². The van der Waals surface area contributed by atoms with Gasteiger partial charge in [-0.15, -0.1) is 0 Å². The van der Waals surface area contributed by atoms with Crippen LogP contribution in [-0.2, 0) is 39.2 Å². The van der Waals surface area contributed by atoms with E-state index in [0.29, 0.717) is 18.7 Å². The lowest BCUT2D eigenvalue weighted by Gasteiger charge is -2.32. The quantitative estimate of drug-likeness (QED) is 0.207. The normalized spacial score (nSPS) is 12.5. The SMILES string of the molecule is Cc1ccc(C[C@H](C(=O)NCC(C)(C)c2ccccc2)N(C)C(=O)[C@H](Cc2cnc[nH]2)NC(=O)OCc2ccccc2)cc1. The average Bonchev–Trinajstić information content (AvgIpc) is 3.55. The van der Waals surface area contributed by atoms with Crippen molar-refractivity contribution in [3.8, 4) is 0 Å². The minimum Gasteiger partial charge on any atom is -0.445 e. The first-order valence-electron chi connectivity index (χ1n) is 14.7. The lowest BCUT2D eigenvalue weighted by molar-refractivity contribution is -0.140. The molecule has 0 aliphatic heterocycles. The summed E-state index contributed by atoms with van der Waals surface area (Å²) < 4.78 is 5.41. The maximum atomic E-state index is 14.0. The van der Waals surface area contributed by atoms with E-state index in [-0.39, 0.29) is 24.3 Å². The molecule has 4 aromatic rings. The molecule has 4 rings (SSSR count). The van der Waals surface area contributed by atoms with Crippen molar-refractivity contribution in [3.63, 3.8) is 0 Å². The summed E-state index contributed by atoms with van der Waals surface area (Å²) in [6.07, 6.45) is 2.82. The van der Waals surface area contributed by atoms with Crippen molar-refractivity contribution < 1.29 is 19.1 Å². The summed E-state index contributed by atoms with van der Waals surface area (Å²) in [7, 11) is 1.60. The fraction of sp³-hybridized carbons (Fsp3) is 0.314. The fourth-order valence-corrected chi connectivity index (χ4v) is 4.89. The molecule has 9 heteroatoms. The first-order valence-corrected chi connectivity index (χ1v) is 14.7. The molecule has 0 saturated carbocycles. The molecule has 3 amide bonds. The van der Waals surface area contributed by atoms with Gasteiger partial charge in [-0.05, 0) is 23.6 Å². The van der Waals surface area contributed by atoms with Crippen LogP contribution in [0.5, 0.6) is 0 Å². The summed E-state index contributed by atoms with van der Waals surface area (Å²) in [5.74, 6) is -0.705. The number of nitrogens with one attached hydrogen (secondary N) is 3. The Labute approximate surface area is 259 Å². The molecule has 3 N–H and O–H groups in total. The third kappa shape index (κ3) is 9.04. The van der Waals surface area contributed by atoms with Crippen LogP contribution in [0.25, 0.3) is 0 Å². The number of hydrogen-bond donors (Lipinski definition) is 3. The summed E-state index contributed by atoms with van der Waals surface area (Å²) in [4.78, 5) is 49.2. The van der Waals surface area contributed by atoms with E-state index >= 15 is 0 Å². The smallest absolute Gasteiger partial charge is 0.408 e. The summed E-state index contributed by atoms with van der Waals surface area (Å²) >= 11 is 0. The molecular weight excluding hydrogens is 554 g/mol. The maximum absolute atomic E-state index is 14.0. The van der Waals surface area contributed by atoms with Crippen molar-refractivity contribution in [1.82, 2.24) is 25.5 Å². The number of likely N-dealkylation sites (N-methyl/N-ethyl adjacent to an activating group) is 1. The van der Waals surface area contributed by atoms with E-state index in [1.54, 1.807) is 13.2 Å². The summed E-state index contributed by atoms with van der Waals surface area (Å²) in [5, 5.41) is 5.81. The van der Waals surface area contributed by atoms with Gasteiger partial charge >= 0.3 is 6.09 Å². The second kappa shape index (κ2) is 15.0. The number of benzene rings is 3. The number of rotatable bonds is 13. The highest BCUT2D eigenvalue weighted by atomic mass is 16.5. The van der Waals surface area contributed by atoms with Crippen LogP contribution >= 0.6 is 0 Å². The number of imidazole rings is 1. The molecule has 9 nitrogen and oxygen atoms in total. The van der Waals surface area contributed by atoms with Crippen LogP contribution in [0.15, 0.2) is 97.5 Å². The number of H-pyrrole nitrogens is 1. The average molecular weight is 596 g/mol. The van der Waals surface area contributed by atoms with Gasteiger partial charge in [0.05, 0.1) is 6.33 Å². The molecular formula is C35H41N5O4. The third-order valence-corrected chi connectivity index (χ3v) is 7.71. The van der Waals surface area contributed by atoms with Crippen molar-refractivity contribution in [2.24, 2.45) is 0 Å². The Morgan fingerprint density at radius 1 is 0.909 bits per heavy atom. The van der Waals surface area contributed by atoms with Crippen LogP contribution in [0.4, 0.5) is 4.79 Å². The number of ether oxygens (including phenoxy) is 1. The summed E-state index contributed by atoms with van der Waals surface area (Å²) in [6, 6.07) is 25.3. The summed E-state index contributed by atoms with van der Waals surface area (Å²) in [6.45, 7) is 6.57. The zero-order chi connectivity index (χ0) is 31.5. The van der Waals surface area contributed by atoms with Crippen LogP contribution in [0, 0.1) is 6.92 Å². The zero-order valence-electron chi connectivity index (χ0n) is 25.7. The number of aromatic nitrogens is 2. The van der Waals surface area contributed by atoms with E-state index in [1.165, 1.54) is 11.2 Å². The van der Waals surface area contributed by atoms with Gasteiger partial charge in [0.2, 0.25) is 11.8 Å². The third-order valence-electron chi connectivity index (χ3n) is 7.71. The molecule has 0 saturated heterocycles. The Kier molecular flexibility index (Phi) is 10.9. The second-order valence-corrected chi connectivity index (χ2v) is 11.7. The van der Waals surface area contributed by atoms with Crippen molar-refractivity contribution >= 4 is 17.9 Å². The lowest BCUT2D eigenvalue weighted by Crippen LogP contribution is -2.56. The van der Waals surface area contributed by atoms with Crippen LogP contribution < -0.4 is 10.6 Å². The molecule has 2 atom stereocenters. The number of carbonyl (C=O) groups is 3. The van der Waals surface area contributed by atoms with Gasteiger partial charge in [-0.2, -0.15) is 0 Å². The van der Waals surface area contributed by atoms with Gasteiger partial charge in [-0.25, -0.2) is 9.78 Å². The van der Waals surface area contributed by atoms with Crippen LogP contribution in [0.1, 0.15) is 41.8 Å². The van der Waals surface area contributed by atoms with E-state index < -0.39 is 24.1 Å². The second-order valence-electron chi connectivity index (χ2n) is 11.7. The van der Waals surface area contributed by atoms with Crippen molar-refractivity contribution in [2.45, 2.75) is 57.7 Å². The van der Waals surface area contributed by atoms with E-state index in [0.717, 1.165) is 22.3 Å². The number of carbonyl (C=O) groups excluding carboxylic acids is 3. The van der Waals surface area contributed by atoms with Gasteiger partial charge in [0.1, 0.15) is 18.7 Å². The molecule has 0 aliphatic rings. The highest BCUT2D eigenvalue weighted by Gasteiger charge is 2.34. The Bertz CT molecular complexity index is 1490. The molecule has 1 heterocycles. The van der Waals surface area contributed by atoms with Gasteiger partial charge in [-0.1, -0.05) is 104 Å². The first-order chi connectivity index (χ1) is 21.1. The van der Waals surface area contributed by atoms with E-state index in [2.05, 4.69) is 34.4 Å². The number of nitrogens with zero attached hydrogens (tertiary/aromatic N) is 2. The van der Waals surface area contributed by atoms with Gasteiger partial charge in [0.15, 0.2) is 0 Å². The molecule has 230 valence electrons. The molecule has 0 spiro atoms. The number of aromatic amines is 1. The Balaban J connectivity index is 1.52. The Morgan fingerprint density at radius 3 is 2.20 bits per heavy atom. The Morgan fingerprint density at radius 2 is 1.57 bits per heavy atom. The molecule has 0 radical (unpaired) electrons. The molecule has 0 fully saturated rings. The largest absolute Gasteiger partial charge is 0.445 e. The zero-order valence-corrected chi connectivity index (χ0v) is 25.7. The van der Waals surface area contributed by atoms with Crippen molar-refractivity contribution in [1.29, 1.82) is 0 Å². The van der Waals surface area contributed by atoms with Gasteiger partial charge in [0.25, 0.3) is 0 Å². The summed E-state index contributed by atoms with van der Waals surface area (Å²) in [5.41, 5.74) is 4.26. The topological polar surface area (TPSA) is 116 Å². The Hall–Kier alpha value is -4.92. The predicted octanol–water partition coefficient (Wildman–Crippen LogP) is 4.72. The fourth-order valence-electron chi connectivity index (χ4n) is 4.89. The monoisotopic (exact) mass is 595 g/mol. The molecule has 0 aliphatic carbocycles. The minimum absolute atomic E-state index is 0.0587. The number of alkyl carbamates (subject to hydrolysis) is 1. The van der Waals surface area contributed by atoms with Crippen molar-refractivity contribution in [2.75, 3.05) is 13.6 Å². The van der Waals surface area contributed by atoms with E-state index in [9.17, 15) is 14.4 Å². The van der Waals surface area contributed by atoms with Crippen LogP contribution in [-0.4, -0.2) is 58.5 Å². The highest BCUT2D eigenvalue weighted by Crippen LogP contribution is 2.22. The van der Waals surface area contributed by atoms with Crippen LogP contribution in [0.3, 0.4) is 0 Å². The van der Waals surface area contributed by atoms with Crippen molar-refractivity contribution in [3.05, 3.63) is 125 Å². The van der Waals surface area contributed by atoms with Gasteiger partial charge < -0.3 is 25.3 Å². The lowest BCUT2D eigenvalue weighted by atomic mass is 9.84. The highest BCUT2D eigenvalue weighted by molar-refractivity contribution is 5.91. The molecule has 44 heavy (non-hydrogen) atoms. The van der Waals surface area contributed by atoms with Crippen LogP contribution in [0.2, 0.25) is 0 Å². The number of hydrogen-bond acceptors (Lipinski definition) is 5. The molecule has 1 aromatic heterocycles. The van der Waals surface area contributed by atoms with Gasteiger partial charge in [0, 0.05) is 43.7 Å². The molecule has 0 bridgehead atoms. The maximum Gasteiger partial charge on any atom is 0.408 e. The molecule has 3 aromatic carbocycles. The standard InChI is InChI=1S/C35H41N5O4/c1-25-15-17-26(18-16-25)19-31(32(41)37-23-35(2,3)28-13-9-6-10-14-28)40(4)33(42)30(20-29-21-36-24-38-29)39-34(43)44-22-27-11-7-5-8-12-27/h5-18,21,24,30-31H,19-20,22-23H2,1-4H3,(H,36,38)(H,37,41)(H,39,43)/t30-,31+/m0/s1. The minimum atomic E-state index is -1.00. The number of amides is 3. The van der Waals surface area contributed by atoms with E-state index in [1.807, 2.05) is 91.9 Å².